The van der Waals surface area contributed by atoms with Crippen LogP contribution in [0.4, 0.5) is 0 Å². The van der Waals surface area contributed by atoms with Crippen molar-refractivity contribution in [1.29, 1.82) is 0 Å². The van der Waals surface area contributed by atoms with Crippen molar-refractivity contribution in [3.8, 4) is 11.5 Å². The van der Waals surface area contributed by atoms with E-state index in [1.807, 2.05) is 18.2 Å². The maximum absolute atomic E-state index is 5.77. The molecule has 1 aliphatic rings. The molecule has 1 aromatic carbocycles. The van der Waals surface area contributed by atoms with Gasteiger partial charge < -0.3 is 20.5 Å². The lowest BCUT2D eigenvalue weighted by atomic mass is 9.81. The predicted octanol–water partition coefficient (Wildman–Crippen LogP) is 1.53. The van der Waals surface area contributed by atoms with Crippen LogP contribution in [0.25, 0.3) is 0 Å². The van der Waals surface area contributed by atoms with Crippen molar-refractivity contribution in [1.82, 2.24) is 5.32 Å². The fraction of sp³-hybridized carbons (Fsp3) is 0.571. The summed E-state index contributed by atoms with van der Waals surface area (Å²) in [6.07, 6.45) is 2.28. The van der Waals surface area contributed by atoms with Gasteiger partial charge in [0, 0.05) is 18.2 Å². The van der Waals surface area contributed by atoms with Gasteiger partial charge in [0.1, 0.15) is 11.5 Å². The molecule has 1 aromatic rings. The highest BCUT2D eigenvalue weighted by Crippen LogP contribution is 2.26. The second-order valence-corrected chi connectivity index (χ2v) is 4.91. The summed E-state index contributed by atoms with van der Waals surface area (Å²) < 4.78 is 10.6. The van der Waals surface area contributed by atoms with Gasteiger partial charge in [0.05, 0.1) is 14.2 Å². The molecule has 0 bridgehead atoms. The summed E-state index contributed by atoms with van der Waals surface area (Å²) in [5.74, 6) is 2.49. The fourth-order valence-electron chi connectivity index (χ4n) is 2.38. The Hall–Kier alpha value is -1.26. The highest BCUT2D eigenvalue weighted by Gasteiger charge is 2.25. The zero-order chi connectivity index (χ0) is 13.0. The number of nitrogens with one attached hydrogen (secondary N) is 1. The standard InChI is InChI=1S/C14H22N2O2/c1-17-13-3-4-14(18-2)11(7-13)9-16-8-10-5-12(15)6-10/h3-4,7,10,12,16H,5-6,8-9,15H2,1-2H3. The number of benzene rings is 1. The number of rotatable bonds is 6. The quantitative estimate of drug-likeness (QED) is 0.804. The summed E-state index contributed by atoms with van der Waals surface area (Å²) in [5, 5.41) is 3.46. The highest BCUT2D eigenvalue weighted by molar-refractivity contribution is 5.40. The molecule has 0 heterocycles. The van der Waals surface area contributed by atoms with Crippen molar-refractivity contribution < 1.29 is 9.47 Å². The third-order valence-corrected chi connectivity index (χ3v) is 3.51. The van der Waals surface area contributed by atoms with E-state index in [0.29, 0.717) is 6.04 Å². The van der Waals surface area contributed by atoms with Crippen LogP contribution >= 0.6 is 0 Å². The van der Waals surface area contributed by atoms with Gasteiger partial charge in [-0.15, -0.1) is 0 Å². The van der Waals surface area contributed by atoms with Crippen LogP contribution in [0.3, 0.4) is 0 Å². The maximum atomic E-state index is 5.77. The maximum Gasteiger partial charge on any atom is 0.123 e. The molecule has 100 valence electrons. The van der Waals surface area contributed by atoms with E-state index >= 15 is 0 Å². The largest absolute Gasteiger partial charge is 0.497 e. The topological polar surface area (TPSA) is 56.5 Å². The predicted molar refractivity (Wildman–Crippen MR) is 72.0 cm³/mol. The molecule has 3 N–H and O–H groups in total. The zero-order valence-corrected chi connectivity index (χ0v) is 11.1. The lowest BCUT2D eigenvalue weighted by molar-refractivity contribution is 0.255. The smallest absolute Gasteiger partial charge is 0.123 e. The molecule has 0 aliphatic heterocycles. The molecule has 4 heteroatoms. The van der Waals surface area contributed by atoms with Gasteiger partial charge in [-0.3, -0.25) is 0 Å². The molecule has 18 heavy (non-hydrogen) atoms. The molecule has 1 aliphatic carbocycles. The van der Waals surface area contributed by atoms with Crippen LogP contribution in [0.1, 0.15) is 18.4 Å². The van der Waals surface area contributed by atoms with E-state index in [4.69, 9.17) is 15.2 Å². The molecular formula is C14H22N2O2. The second kappa shape index (κ2) is 6.07. The Bertz CT molecular complexity index is 389. The number of hydrogen-bond acceptors (Lipinski definition) is 4. The molecule has 1 fully saturated rings. The SMILES string of the molecule is COc1ccc(OC)c(CNCC2CC(N)C2)c1. The van der Waals surface area contributed by atoms with E-state index in [2.05, 4.69) is 5.32 Å². The monoisotopic (exact) mass is 250 g/mol. The van der Waals surface area contributed by atoms with Gasteiger partial charge in [0.2, 0.25) is 0 Å². The summed E-state index contributed by atoms with van der Waals surface area (Å²) in [5.41, 5.74) is 6.90. The average molecular weight is 250 g/mol. The molecular weight excluding hydrogens is 228 g/mol. The van der Waals surface area contributed by atoms with Crippen molar-refractivity contribution >= 4 is 0 Å². The minimum atomic E-state index is 0.420. The van der Waals surface area contributed by atoms with Crippen LogP contribution in [0.5, 0.6) is 11.5 Å². The normalized spacial score (nSPS) is 22.4. The molecule has 0 unspecified atom stereocenters. The first kappa shape index (κ1) is 13.2. The second-order valence-electron chi connectivity index (χ2n) is 4.91. The minimum absolute atomic E-state index is 0.420. The van der Waals surface area contributed by atoms with E-state index in [1.54, 1.807) is 14.2 Å². The number of methoxy groups -OCH3 is 2. The van der Waals surface area contributed by atoms with Crippen LogP contribution < -0.4 is 20.5 Å². The summed E-state index contributed by atoms with van der Waals surface area (Å²) in [7, 11) is 3.37. The molecule has 0 saturated heterocycles. The zero-order valence-electron chi connectivity index (χ0n) is 11.1. The highest BCUT2D eigenvalue weighted by atomic mass is 16.5. The van der Waals surface area contributed by atoms with E-state index in [-0.39, 0.29) is 0 Å². The third-order valence-electron chi connectivity index (χ3n) is 3.51. The lowest BCUT2D eigenvalue weighted by Gasteiger charge is -2.32. The Balaban J connectivity index is 1.86. The average Bonchev–Trinajstić information content (AvgIpc) is 2.36. The van der Waals surface area contributed by atoms with Gasteiger partial charge in [-0.25, -0.2) is 0 Å². The van der Waals surface area contributed by atoms with E-state index in [0.717, 1.165) is 48.9 Å². The van der Waals surface area contributed by atoms with Gasteiger partial charge in [0.25, 0.3) is 0 Å². The molecule has 1 saturated carbocycles. The molecule has 0 radical (unpaired) electrons. The number of hydrogen-bond donors (Lipinski definition) is 2. The summed E-state index contributed by atoms with van der Waals surface area (Å²) in [4.78, 5) is 0. The molecule has 4 nitrogen and oxygen atoms in total. The van der Waals surface area contributed by atoms with Crippen molar-refractivity contribution in [2.45, 2.75) is 25.4 Å². The first-order valence-electron chi connectivity index (χ1n) is 6.40. The van der Waals surface area contributed by atoms with Gasteiger partial charge >= 0.3 is 0 Å². The van der Waals surface area contributed by atoms with Crippen molar-refractivity contribution in [3.05, 3.63) is 23.8 Å². The Morgan fingerprint density at radius 1 is 1.28 bits per heavy atom. The van der Waals surface area contributed by atoms with E-state index in [9.17, 15) is 0 Å². The van der Waals surface area contributed by atoms with Gasteiger partial charge in [-0.2, -0.15) is 0 Å². The summed E-state index contributed by atoms with van der Waals surface area (Å²) in [6, 6.07) is 6.28. The first-order valence-corrected chi connectivity index (χ1v) is 6.40. The Kier molecular flexibility index (Phi) is 4.44. The van der Waals surface area contributed by atoms with Crippen molar-refractivity contribution in [3.63, 3.8) is 0 Å². The van der Waals surface area contributed by atoms with Crippen LogP contribution in [-0.2, 0) is 6.54 Å². The van der Waals surface area contributed by atoms with E-state index < -0.39 is 0 Å². The third kappa shape index (κ3) is 3.15. The Morgan fingerprint density at radius 2 is 2.06 bits per heavy atom. The van der Waals surface area contributed by atoms with Crippen LogP contribution in [0.15, 0.2) is 18.2 Å². The van der Waals surface area contributed by atoms with Crippen LogP contribution in [0.2, 0.25) is 0 Å². The van der Waals surface area contributed by atoms with Crippen molar-refractivity contribution in [2.24, 2.45) is 11.7 Å². The van der Waals surface area contributed by atoms with E-state index in [1.165, 1.54) is 0 Å². The molecule has 0 spiro atoms. The summed E-state index contributed by atoms with van der Waals surface area (Å²) >= 11 is 0. The van der Waals surface area contributed by atoms with Gasteiger partial charge in [-0.1, -0.05) is 0 Å². The van der Waals surface area contributed by atoms with Crippen LogP contribution in [0, 0.1) is 5.92 Å². The summed E-state index contributed by atoms with van der Waals surface area (Å²) in [6.45, 7) is 1.82. The van der Waals surface area contributed by atoms with Crippen molar-refractivity contribution in [2.75, 3.05) is 20.8 Å². The molecule has 0 atom stereocenters. The van der Waals surface area contributed by atoms with Crippen LogP contribution in [-0.4, -0.2) is 26.8 Å². The number of ether oxygens (including phenoxy) is 2. The Morgan fingerprint density at radius 3 is 2.67 bits per heavy atom. The first-order chi connectivity index (χ1) is 8.72. The minimum Gasteiger partial charge on any atom is -0.497 e. The molecule has 0 aromatic heterocycles. The van der Waals surface area contributed by atoms with Gasteiger partial charge in [0.15, 0.2) is 0 Å². The molecule has 0 amide bonds. The van der Waals surface area contributed by atoms with Gasteiger partial charge in [-0.05, 0) is 43.5 Å². The lowest BCUT2D eigenvalue weighted by Crippen LogP contribution is -2.41. The fourth-order valence-corrected chi connectivity index (χ4v) is 2.38. The Labute approximate surface area is 108 Å². The molecule has 2 rings (SSSR count). The number of nitrogens with two attached hydrogens (primary N) is 1.